The Labute approximate surface area is 124 Å². The van der Waals surface area contributed by atoms with E-state index >= 15 is 0 Å². The first-order valence-electron chi connectivity index (χ1n) is 6.85. The van der Waals surface area contributed by atoms with Crippen LogP contribution in [0.4, 0.5) is 0 Å². The summed E-state index contributed by atoms with van der Waals surface area (Å²) in [5.74, 6) is 1.11. The Kier molecular flexibility index (Phi) is 5.25. The lowest BCUT2D eigenvalue weighted by Crippen LogP contribution is -2.39. The molecule has 1 heterocycles. The second-order valence-electron chi connectivity index (χ2n) is 5.41. The van der Waals surface area contributed by atoms with Crippen LogP contribution in [-0.2, 0) is 11.3 Å². The van der Waals surface area contributed by atoms with Gasteiger partial charge in [0.25, 0.3) is 0 Å². The Bertz CT molecular complexity index is 402. The molecule has 19 heavy (non-hydrogen) atoms. The molecule has 3 rings (SSSR count). The third-order valence-corrected chi connectivity index (χ3v) is 4.48. The molecule has 3 nitrogen and oxygen atoms in total. The molecule has 2 aliphatic rings. The van der Waals surface area contributed by atoms with Crippen molar-refractivity contribution in [1.82, 2.24) is 10.2 Å². The van der Waals surface area contributed by atoms with E-state index in [1.165, 1.54) is 30.6 Å². The van der Waals surface area contributed by atoms with Gasteiger partial charge in [0, 0.05) is 10.9 Å². The monoisotopic (exact) mass is 300 g/mol. The Balaban J connectivity index is 0.00000133. The predicted molar refractivity (Wildman–Crippen MR) is 80.7 cm³/mol. The molecule has 106 valence electrons. The summed E-state index contributed by atoms with van der Waals surface area (Å²) in [6.07, 6.45) is 5.03. The summed E-state index contributed by atoms with van der Waals surface area (Å²) in [6.45, 7) is 2.33. The van der Waals surface area contributed by atoms with Crippen molar-refractivity contribution in [1.29, 1.82) is 0 Å². The molecule has 1 aromatic rings. The van der Waals surface area contributed by atoms with Crippen LogP contribution in [0.3, 0.4) is 0 Å². The van der Waals surface area contributed by atoms with Crippen molar-refractivity contribution in [2.24, 2.45) is 5.92 Å². The van der Waals surface area contributed by atoms with E-state index in [0.29, 0.717) is 12.6 Å². The van der Waals surface area contributed by atoms with E-state index in [9.17, 15) is 4.79 Å². The quantitative estimate of drug-likeness (QED) is 0.839. The lowest BCUT2D eigenvalue weighted by atomic mass is 10.3. The molecule has 0 bridgehead atoms. The average Bonchev–Trinajstić information content (AvgIpc) is 3.28. The number of halogens is 1. The first-order chi connectivity index (χ1) is 8.83. The van der Waals surface area contributed by atoms with Gasteiger partial charge in [-0.05, 0) is 49.6 Å². The van der Waals surface area contributed by atoms with Crippen molar-refractivity contribution in [3.8, 4) is 0 Å². The fourth-order valence-electron chi connectivity index (χ4n) is 2.18. The summed E-state index contributed by atoms with van der Waals surface area (Å²) in [7, 11) is 0. The largest absolute Gasteiger partial charge is 0.333 e. The molecule has 0 radical (unpaired) electrons. The fraction of sp³-hybridized carbons (Fsp3) is 0.643. The van der Waals surface area contributed by atoms with E-state index in [2.05, 4.69) is 27.7 Å². The molecular formula is C14H21ClN2OS. The third kappa shape index (κ3) is 4.48. The molecule has 1 N–H and O–H groups in total. The van der Waals surface area contributed by atoms with Gasteiger partial charge in [-0.2, -0.15) is 0 Å². The minimum absolute atomic E-state index is 0. The number of hydrogen-bond donors (Lipinski definition) is 1. The van der Waals surface area contributed by atoms with Crippen molar-refractivity contribution in [3.63, 3.8) is 0 Å². The van der Waals surface area contributed by atoms with E-state index in [0.717, 1.165) is 19.0 Å². The fourth-order valence-corrected chi connectivity index (χ4v) is 2.89. The molecule has 0 aliphatic heterocycles. The second-order valence-corrected chi connectivity index (χ2v) is 6.44. The van der Waals surface area contributed by atoms with Crippen LogP contribution < -0.4 is 5.32 Å². The zero-order valence-corrected chi connectivity index (χ0v) is 12.6. The topological polar surface area (TPSA) is 32.3 Å². The van der Waals surface area contributed by atoms with Crippen LogP contribution in [0.15, 0.2) is 17.5 Å². The highest BCUT2D eigenvalue weighted by atomic mass is 35.5. The van der Waals surface area contributed by atoms with Crippen LogP contribution in [0, 0.1) is 5.92 Å². The Hall–Kier alpha value is -0.580. The highest BCUT2D eigenvalue weighted by Crippen LogP contribution is 2.29. The molecular weight excluding hydrogens is 280 g/mol. The van der Waals surface area contributed by atoms with Crippen molar-refractivity contribution >= 4 is 29.7 Å². The summed E-state index contributed by atoms with van der Waals surface area (Å²) in [6, 6.07) is 4.67. The van der Waals surface area contributed by atoms with Crippen molar-refractivity contribution in [2.45, 2.75) is 38.3 Å². The van der Waals surface area contributed by atoms with E-state index in [4.69, 9.17) is 0 Å². The summed E-state index contributed by atoms with van der Waals surface area (Å²) < 4.78 is 0. The van der Waals surface area contributed by atoms with Gasteiger partial charge in [0.15, 0.2) is 0 Å². The van der Waals surface area contributed by atoms with Gasteiger partial charge in [0.05, 0.1) is 13.1 Å². The lowest BCUT2D eigenvalue weighted by molar-refractivity contribution is -0.131. The van der Waals surface area contributed by atoms with E-state index < -0.39 is 0 Å². The molecule has 0 atom stereocenters. The van der Waals surface area contributed by atoms with Gasteiger partial charge >= 0.3 is 0 Å². The second kappa shape index (κ2) is 6.73. The highest BCUT2D eigenvalue weighted by molar-refractivity contribution is 7.09. The van der Waals surface area contributed by atoms with E-state index in [-0.39, 0.29) is 18.3 Å². The highest BCUT2D eigenvalue weighted by Gasteiger charge is 2.32. The zero-order chi connectivity index (χ0) is 12.4. The molecule has 1 aromatic heterocycles. The number of hydrogen-bond acceptors (Lipinski definition) is 3. The molecule has 1 amide bonds. The third-order valence-electron chi connectivity index (χ3n) is 3.62. The number of carbonyl (C=O) groups is 1. The van der Waals surface area contributed by atoms with Crippen LogP contribution in [0.1, 0.15) is 30.6 Å². The van der Waals surface area contributed by atoms with Crippen molar-refractivity contribution in [3.05, 3.63) is 22.4 Å². The summed E-state index contributed by atoms with van der Waals surface area (Å²) in [5, 5.41) is 5.38. The molecule has 5 heteroatoms. The summed E-state index contributed by atoms with van der Waals surface area (Å²) >= 11 is 1.74. The Morgan fingerprint density at radius 1 is 1.37 bits per heavy atom. The van der Waals surface area contributed by atoms with Gasteiger partial charge < -0.3 is 10.2 Å². The van der Waals surface area contributed by atoms with E-state index in [1.807, 2.05) is 0 Å². The van der Waals surface area contributed by atoms with Crippen LogP contribution in [-0.4, -0.2) is 29.9 Å². The standard InChI is InChI=1S/C14H20N2OS.ClH/c17-14(9-15-8-11-3-4-11)16(12-5-6-12)10-13-2-1-7-18-13;/h1-2,7,11-12,15H,3-6,8-10H2;1H. The first-order valence-corrected chi connectivity index (χ1v) is 7.73. The number of rotatable bonds is 7. The maximum atomic E-state index is 12.2. The minimum atomic E-state index is 0. The minimum Gasteiger partial charge on any atom is -0.333 e. The van der Waals surface area contributed by atoms with Crippen molar-refractivity contribution in [2.75, 3.05) is 13.1 Å². The lowest BCUT2D eigenvalue weighted by Gasteiger charge is -2.22. The van der Waals surface area contributed by atoms with Gasteiger partial charge in [-0.15, -0.1) is 23.7 Å². The van der Waals surface area contributed by atoms with Crippen LogP contribution in [0.2, 0.25) is 0 Å². The normalized spacial score (nSPS) is 17.9. The van der Waals surface area contributed by atoms with Crippen LogP contribution in [0.5, 0.6) is 0 Å². The maximum absolute atomic E-state index is 12.2. The Morgan fingerprint density at radius 3 is 2.74 bits per heavy atom. The number of nitrogens with one attached hydrogen (secondary N) is 1. The predicted octanol–water partition coefficient (Wildman–Crippen LogP) is 2.66. The number of carbonyl (C=O) groups excluding carboxylic acids is 1. The first kappa shape index (κ1) is 14.8. The van der Waals surface area contributed by atoms with Gasteiger partial charge in [0.1, 0.15) is 0 Å². The zero-order valence-electron chi connectivity index (χ0n) is 11.0. The molecule has 0 unspecified atom stereocenters. The molecule has 0 saturated heterocycles. The maximum Gasteiger partial charge on any atom is 0.237 e. The SMILES string of the molecule is Cl.O=C(CNCC1CC1)N(Cc1cccs1)C1CC1. The van der Waals surface area contributed by atoms with Gasteiger partial charge in [0.2, 0.25) is 5.91 Å². The Morgan fingerprint density at radius 2 is 2.16 bits per heavy atom. The number of nitrogens with zero attached hydrogens (tertiary/aromatic N) is 1. The summed E-state index contributed by atoms with van der Waals surface area (Å²) in [4.78, 5) is 15.6. The molecule has 2 saturated carbocycles. The van der Waals surface area contributed by atoms with Crippen LogP contribution >= 0.6 is 23.7 Å². The number of amides is 1. The number of thiophene rings is 1. The van der Waals surface area contributed by atoms with Gasteiger partial charge in [-0.25, -0.2) is 0 Å². The molecule has 0 aromatic carbocycles. The molecule has 2 fully saturated rings. The van der Waals surface area contributed by atoms with E-state index in [1.54, 1.807) is 11.3 Å². The van der Waals surface area contributed by atoms with Crippen LogP contribution in [0.25, 0.3) is 0 Å². The van der Waals surface area contributed by atoms with Crippen molar-refractivity contribution < 1.29 is 4.79 Å². The molecule has 0 spiro atoms. The molecule has 2 aliphatic carbocycles. The van der Waals surface area contributed by atoms with Gasteiger partial charge in [-0.1, -0.05) is 6.07 Å². The smallest absolute Gasteiger partial charge is 0.237 e. The van der Waals surface area contributed by atoms with Gasteiger partial charge in [-0.3, -0.25) is 4.79 Å². The summed E-state index contributed by atoms with van der Waals surface area (Å²) in [5.41, 5.74) is 0. The average molecular weight is 301 g/mol.